The maximum Gasteiger partial charge on any atom is 0.335 e. The van der Waals surface area contributed by atoms with Gasteiger partial charge in [0.05, 0.1) is 10.5 Å². The Morgan fingerprint density at radius 1 is 1.03 bits per heavy atom. The Balaban J connectivity index is 0.00000450. The van der Waals surface area contributed by atoms with Crippen LogP contribution in [0.15, 0.2) is 53.7 Å². The molecule has 164 valence electrons. The molecule has 1 atom stereocenters. The lowest BCUT2D eigenvalue weighted by Gasteiger charge is -2.18. The van der Waals surface area contributed by atoms with Crippen molar-refractivity contribution in [3.63, 3.8) is 0 Å². The second-order valence-corrected chi connectivity index (χ2v) is 8.42. The first-order valence-corrected chi connectivity index (χ1v) is 10.7. The number of carboxylic acid groups (broad SMARTS) is 2. The number of unbranched alkanes of at least 4 members (excludes halogenated alkanes) is 2. The quantitative estimate of drug-likeness (QED) is 0.417. The molecule has 0 aliphatic carbocycles. The van der Waals surface area contributed by atoms with Crippen LogP contribution in [0.5, 0.6) is 0 Å². The lowest BCUT2D eigenvalue weighted by molar-refractivity contribution is -0.137. The van der Waals surface area contributed by atoms with Gasteiger partial charge in [-0.3, -0.25) is 9.78 Å². The van der Waals surface area contributed by atoms with Gasteiger partial charge in [0, 0.05) is 25.4 Å². The molecule has 10 heteroatoms. The van der Waals surface area contributed by atoms with Gasteiger partial charge >= 0.3 is 11.9 Å². The monoisotopic (exact) mass is 456 g/mol. The average molecular weight is 457 g/mol. The first kappa shape index (κ1) is 25.5. The van der Waals surface area contributed by atoms with Crippen molar-refractivity contribution < 1.29 is 28.2 Å². The van der Waals surface area contributed by atoms with Gasteiger partial charge in [0.2, 0.25) is 10.0 Å². The fourth-order valence-electron chi connectivity index (χ4n) is 2.92. The summed E-state index contributed by atoms with van der Waals surface area (Å²) in [7, 11) is -3.79. The second kappa shape index (κ2) is 12.3. The lowest BCUT2D eigenvalue weighted by Crippen LogP contribution is -2.28. The maximum atomic E-state index is 12.6. The van der Waals surface area contributed by atoms with Crippen LogP contribution in [-0.2, 0) is 14.8 Å². The lowest BCUT2D eigenvalue weighted by atomic mass is 9.94. The number of halogens is 1. The van der Waals surface area contributed by atoms with Crippen molar-refractivity contribution in [2.75, 3.05) is 6.54 Å². The zero-order valence-corrected chi connectivity index (χ0v) is 17.9. The van der Waals surface area contributed by atoms with Gasteiger partial charge in [-0.15, -0.1) is 12.4 Å². The smallest absolute Gasteiger partial charge is 0.335 e. The third kappa shape index (κ3) is 8.10. The third-order valence-corrected chi connectivity index (χ3v) is 5.97. The van der Waals surface area contributed by atoms with Crippen molar-refractivity contribution >= 4 is 34.4 Å². The summed E-state index contributed by atoms with van der Waals surface area (Å²) in [6.07, 6.45) is 6.23. The molecule has 0 amide bonds. The molecule has 3 N–H and O–H groups in total. The van der Waals surface area contributed by atoms with Gasteiger partial charge in [-0.2, -0.15) is 0 Å². The van der Waals surface area contributed by atoms with Crippen molar-refractivity contribution in [2.45, 2.75) is 42.9 Å². The minimum Gasteiger partial charge on any atom is -0.481 e. The van der Waals surface area contributed by atoms with E-state index < -0.39 is 22.0 Å². The molecule has 0 saturated heterocycles. The fraction of sp³-hybridized carbons (Fsp3) is 0.350. The van der Waals surface area contributed by atoms with Crippen LogP contribution in [0.4, 0.5) is 0 Å². The van der Waals surface area contributed by atoms with Crippen LogP contribution >= 0.6 is 12.4 Å². The van der Waals surface area contributed by atoms with E-state index in [1.807, 2.05) is 6.07 Å². The molecule has 0 fully saturated rings. The molecule has 0 saturated carbocycles. The fourth-order valence-corrected chi connectivity index (χ4v) is 4.00. The summed E-state index contributed by atoms with van der Waals surface area (Å²) in [4.78, 5) is 25.6. The van der Waals surface area contributed by atoms with Gasteiger partial charge in [0.1, 0.15) is 0 Å². The minimum atomic E-state index is -3.79. The summed E-state index contributed by atoms with van der Waals surface area (Å²) >= 11 is 0. The highest BCUT2D eigenvalue weighted by molar-refractivity contribution is 7.89. The van der Waals surface area contributed by atoms with Crippen LogP contribution in [0, 0.1) is 0 Å². The van der Waals surface area contributed by atoms with E-state index in [1.54, 1.807) is 18.5 Å². The van der Waals surface area contributed by atoms with Crippen LogP contribution in [0.1, 0.15) is 53.9 Å². The highest BCUT2D eigenvalue weighted by Gasteiger charge is 2.19. The number of rotatable bonds is 12. The van der Waals surface area contributed by atoms with Gasteiger partial charge in [-0.25, -0.2) is 17.9 Å². The van der Waals surface area contributed by atoms with Crippen molar-refractivity contribution in [1.29, 1.82) is 0 Å². The second-order valence-electron chi connectivity index (χ2n) is 6.66. The van der Waals surface area contributed by atoms with E-state index in [2.05, 4.69) is 9.71 Å². The SMILES string of the molecule is Cl.O=C(O)CCCCCC(CNS(=O)(=O)c1ccc(C(=O)O)cc1)c1cccnc1. The molecule has 1 aromatic heterocycles. The standard InChI is InChI=1S/C20H24N2O6S.ClH/c23-19(24)7-3-1-2-5-17(16-6-4-12-21-13-16)14-22-29(27,28)18-10-8-15(9-11-18)20(25)26;/h4,6,8-13,17,22H,1-3,5,7,14H2,(H,23,24)(H,25,26);1H. The summed E-state index contributed by atoms with van der Waals surface area (Å²) in [5, 5.41) is 17.6. The van der Waals surface area contributed by atoms with Crippen LogP contribution in [0.2, 0.25) is 0 Å². The zero-order chi connectivity index (χ0) is 21.3. The average Bonchev–Trinajstić information content (AvgIpc) is 2.70. The number of hydrogen-bond donors (Lipinski definition) is 3. The number of pyridine rings is 1. The van der Waals surface area contributed by atoms with Gasteiger partial charge in [0.15, 0.2) is 0 Å². The van der Waals surface area contributed by atoms with E-state index in [0.29, 0.717) is 12.8 Å². The van der Waals surface area contributed by atoms with Crippen LogP contribution in [-0.4, -0.2) is 42.1 Å². The summed E-state index contributed by atoms with van der Waals surface area (Å²) in [6, 6.07) is 8.68. The third-order valence-electron chi connectivity index (χ3n) is 4.53. The first-order valence-electron chi connectivity index (χ1n) is 9.24. The van der Waals surface area contributed by atoms with Crippen LogP contribution < -0.4 is 4.72 Å². The van der Waals surface area contributed by atoms with E-state index in [4.69, 9.17) is 10.2 Å². The van der Waals surface area contributed by atoms with E-state index in [-0.39, 0.29) is 41.7 Å². The zero-order valence-electron chi connectivity index (χ0n) is 16.2. The molecule has 1 unspecified atom stereocenters. The number of aromatic nitrogens is 1. The van der Waals surface area contributed by atoms with Gasteiger partial charge in [0.25, 0.3) is 0 Å². The molecule has 0 radical (unpaired) electrons. The summed E-state index contributed by atoms with van der Waals surface area (Å²) in [6.45, 7) is 0.160. The minimum absolute atomic E-state index is 0. The molecule has 0 bridgehead atoms. The predicted octanol–water partition coefficient (Wildman–Crippen LogP) is 3.30. The molecule has 0 aliphatic rings. The van der Waals surface area contributed by atoms with Crippen molar-refractivity contribution in [3.05, 3.63) is 59.9 Å². The molecule has 1 heterocycles. The van der Waals surface area contributed by atoms with Crippen molar-refractivity contribution in [1.82, 2.24) is 9.71 Å². The molecule has 8 nitrogen and oxygen atoms in total. The number of nitrogens with one attached hydrogen (secondary N) is 1. The van der Waals surface area contributed by atoms with Gasteiger partial charge in [-0.05, 0) is 54.7 Å². The van der Waals surface area contributed by atoms with E-state index in [9.17, 15) is 18.0 Å². The molecular formula is C20H25ClN2O6S. The molecule has 0 aliphatic heterocycles. The summed E-state index contributed by atoms with van der Waals surface area (Å²) in [5.41, 5.74) is 0.910. The van der Waals surface area contributed by atoms with E-state index >= 15 is 0 Å². The summed E-state index contributed by atoms with van der Waals surface area (Å²) in [5.74, 6) is -2.06. The van der Waals surface area contributed by atoms with Crippen molar-refractivity contribution in [2.24, 2.45) is 0 Å². The Kier molecular flexibility index (Phi) is 10.4. The Morgan fingerprint density at radius 2 is 1.73 bits per heavy atom. The van der Waals surface area contributed by atoms with Gasteiger partial charge in [-0.1, -0.05) is 18.9 Å². The number of carbonyl (C=O) groups is 2. The van der Waals surface area contributed by atoms with Crippen LogP contribution in [0.25, 0.3) is 0 Å². The number of carboxylic acids is 2. The number of aromatic carboxylic acids is 1. The number of sulfonamides is 1. The van der Waals surface area contributed by atoms with Gasteiger partial charge < -0.3 is 10.2 Å². The maximum absolute atomic E-state index is 12.6. The number of nitrogens with zero attached hydrogens (tertiary/aromatic N) is 1. The Labute approximate surface area is 181 Å². The number of benzene rings is 1. The molecule has 1 aromatic carbocycles. The Bertz CT molecular complexity index is 920. The highest BCUT2D eigenvalue weighted by Crippen LogP contribution is 2.22. The Morgan fingerprint density at radius 3 is 2.30 bits per heavy atom. The topological polar surface area (TPSA) is 134 Å². The van der Waals surface area contributed by atoms with E-state index in [0.717, 1.165) is 18.4 Å². The van der Waals surface area contributed by atoms with Crippen LogP contribution in [0.3, 0.4) is 0 Å². The first-order chi connectivity index (χ1) is 13.8. The number of hydrogen-bond acceptors (Lipinski definition) is 5. The number of aliphatic carboxylic acids is 1. The predicted molar refractivity (Wildman–Crippen MR) is 114 cm³/mol. The summed E-state index contributed by atoms with van der Waals surface area (Å²) < 4.78 is 27.7. The van der Waals surface area contributed by atoms with E-state index in [1.165, 1.54) is 24.3 Å². The van der Waals surface area contributed by atoms with Crippen molar-refractivity contribution in [3.8, 4) is 0 Å². The largest absolute Gasteiger partial charge is 0.481 e. The highest BCUT2D eigenvalue weighted by atomic mass is 35.5. The Hall–Kier alpha value is -2.49. The molecule has 30 heavy (non-hydrogen) atoms. The molecule has 2 rings (SSSR count). The molecular weight excluding hydrogens is 432 g/mol. The normalized spacial score (nSPS) is 12.0. The molecule has 0 spiro atoms. The molecule has 2 aromatic rings.